The van der Waals surface area contributed by atoms with Crippen molar-refractivity contribution in [2.24, 2.45) is 5.92 Å². The smallest absolute Gasteiger partial charge is 0.244 e. The maximum absolute atomic E-state index is 12.4. The van der Waals surface area contributed by atoms with Crippen LogP contribution in [0, 0.1) is 12.8 Å². The third kappa shape index (κ3) is 2.98. The summed E-state index contributed by atoms with van der Waals surface area (Å²) in [6.45, 7) is 3.57. The molecule has 0 bridgehead atoms. The van der Waals surface area contributed by atoms with Gasteiger partial charge in [0, 0.05) is 0 Å². The van der Waals surface area contributed by atoms with Crippen LogP contribution in [0.25, 0.3) is 0 Å². The number of H-pyrrole nitrogens is 1. The number of nitrogens with one attached hydrogen (secondary N) is 2. The molecule has 1 heterocycles. The van der Waals surface area contributed by atoms with Crippen LogP contribution in [-0.2, 0) is 10.0 Å². The fraction of sp³-hybridized carbons (Fsp3) is 0.750. The molecule has 1 aliphatic carbocycles. The van der Waals surface area contributed by atoms with E-state index in [9.17, 15) is 13.5 Å². The number of sulfonamides is 1. The van der Waals surface area contributed by atoms with Gasteiger partial charge in [0.05, 0.1) is 24.0 Å². The second-order valence-electron chi connectivity index (χ2n) is 5.60. The SMILES string of the molecule is Cc1[nH]ncc1S(=O)(=O)NC1(CO)CCCC(C)C1. The molecule has 0 radical (unpaired) electrons. The maximum Gasteiger partial charge on any atom is 0.244 e. The first-order chi connectivity index (χ1) is 8.88. The van der Waals surface area contributed by atoms with Gasteiger partial charge in [-0.05, 0) is 25.7 Å². The van der Waals surface area contributed by atoms with Crippen molar-refractivity contribution in [3.05, 3.63) is 11.9 Å². The van der Waals surface area contributed by atoms with E-state index in [1.165, 1.54) is 6.20 Å². The summed E-state index contributed by atoms with van der Waals surface area (Å²) in [6, 6.07) is 0. The molecule has 7 heteroatoms. The molecule has 108 valence electrons. The predicted molar refractivity (Wildman–Crippen MR) is 71.1 cm³/mol. The highest BCUT2D eigenvalue weighted by Crippen LogP contribution is 2.33. The van der Waals surface area contributed by atoms with Crippen LogP contribution in [0.15, 0.2) is 11.1 Å². The zero-order valence-corrected chi connectivity index (χ0v) is 12.1. The van der Waals surface area contributed by atoms with E-state index in [-0.39, 0.29) is 11.5 Å². The Morgan fingerprint density at radius 2 is 2.37 bits per heavy atom. The Balaban J connectivity index is 2.25. The van der Waals surface area contributed by atoms with Gasteiger partial charge in [-0.15, -0.1) is 0 Å². The zero-order chi connectivity index (χ0) is 14.1. The molecule has 6 nitrogen and oxygen atoms in total. The molecule has 19 heavy (non-hydrogen) atoms. The van der Waals surface area contributed by atoms with Gasteiger partial charge >= 0.3 is 0 Å². The number of nitrogens with zero attached hydrogens (tertiary/aromatic N) is 1. The molecule has 1 aromatic heterocycles. The van der Waals surface area contributed by atoms with E-state index in [0.717, 1.165) is 12.8 Å². The zero-order valence-electron chi connectivity index (χ0n) is 11.3. The van der Waals surface area contributed by atoms with Crippen LogP contribution in [0.5, 0.6) is 0 Å². The Morgan fingerprint density at radius 1 is 1.63 bits per heavy atom. The van der Waals surface area contributed by atoms with Gasteiger partial charge in [-0.25, -0.2) is 13.1 Å². The number of rotatable bonds is 4. The van der Waals surface area contributed by atoms with E-state index < -0.39 is 15.6 Å². The summed E-state index contributed by atoms with van der Waals surface area (Å²) < 4.78 is 27.4. The fourth-order valence-electron chi connectivity index (χ4n) is 2.88. The number of aromatic nitrogens is 2. The largest absolute Gasteiger partial charge is 0.394 e. The van der Waals surface area contributed by atoms with E-state index in [1.54, 1.807) is 6.92 Å². The van der Waals surface area contributed by atoms with Gasteiger partial charge in [0.2, 0.25) is 10.0 Å². The first-order valence-corrected chi connectivity index (χ1v) is 8.02. The number of hydrogen-bond acceptors (Lipinski definition) is 4. The van der Waals surface area contributed by atoms with Crippen molar-refractivity contribution in [3.8, 4) is 0 Å². The second kappa shape index (κ2) is 5.22. The highest BCUT2D eigenvalue weighted by atomic mass is 32.2. The number of aliphatic hydroxyl groups is 1. The van der Waals surface area contributed by atoms with Crippen molar-refractivity contribution >= 4 is 10.0 Å². The van der Waals surface area contributed by atoms with E-state index in [4.69, 9.17) is 0 Å². The Kier molecular flexibility index (Phi) is 3.98. The summed E-state index contributed by atoms with van der Waals surface area (Å²) in [5, 5.41) is 16.0. The minimum absolute atomic E-state index is 0.151. The van der Waals surface area contributed by atoms with Crippen LogP contribution in [0.1, 0.15) is 38.3 Å². The van der Waals surface area contributed by atoms with Gasteiger partial charge in [-0.1, -0.05) is 19.8 Å². The summed E-state index contributed by atoms with van der Waals surface area (Å²) in [4.78, 5) is 0.151. The Labute approximate surface area is 113 Å². The predicted octanol–water partition coefficient (Wildman–Crippen LogP) is 0.938. The minimum atomic E-state index is -3.64. The summed E-state index contributed by atoms with van der Waals surface area (Å²) in [5.41, 5.74) is -0.232. The third-order valence-electron chi connectivity index (χ3n) is 3.82. The van der Waals surface area contributed by atoms with Crippen LogP contribution in [0.2, 0.25) is 0 Å². The average Bonchev–Trinajstić information content (AvgIpc) is 2.75. The number of aryl methyl sites for hydroxylation is 1. The summed E-state index contributed by atoms with van der Waals surface area (Å²) in [5.74, 6) is 0.411. The minimum Gasteiger partial charge on any atom is -0.394 e. The van der Waals surface area contributed by atoms with E-state index in [1.807, 2.05) is 0 Å². The van der Waals surface area contributed by atoms with Crippen LogP contribution in [0.4, 0.5) is 0 Å². The highest BCUT2D eigenvalue weighted by molar-refractivity contribution is 7.89. The molecule has 0 amide bonds. The molecule has 2 rings (SSSR count). The van der Waals surface area contributed by atoms with E-state index in [2.05, 4.69) is 21.8 Å². The summed E-state index contributed by atoms with van der Waals surface area (Å²) in [7, 11) is -3.64. The van der Waals surface area contributed by atoms with E-state index >= 15 is 0 Å². The molecular formula is C12H21N3O3S. The number of hydrogen-bond donors (Lipinski definition) is 3. The van der Waals surface area contributed by atoms with Crippen LogP contribution in [0.3, 0.4) is 0 Å². The standard InChI is InChI=1S/C12H21N3O3S/c1-9-4-3-5-12(6-9,8-16)15-19(17,18)11-7-13-14-10(11)2/h7,9,15-16H,3-6,8H2,1-2H3,(H,13,14). The monoisotopic (exact) mass is 287 g/mol. The molecule has 1 aliphatic rings. The molecule has 3 N–H and O–H groups in total. The van der Waals surface area contributed by atoms with Gasteiger partial charge in [0.1, 0.15) is 4.90 Å². The first-order valence-electron chi connectivity index (χ1n) is 6.53. The van der Waals surface area contributed by atoms with E-state index in [0.29, 0.717) is 24.5 Å². The lowest BCUT2D eigenvalue weighted by atomic mass is 9.78. The molecule has 1 saturated carbocycles. The van der Waals surface area contributed by atoms with Crippen molar-refractivity contribution < 1.29 is 13.5 Å². The first kappa shape index (κ1) is 14.5. The maximum atomic E-state index is 12.4. The van der Waals surface area contributed by atoms with Crippen LogP contribution in [-0.4, -0.2) is 35.9 Å². The van der Waals surface area contributed by atoms with Crippen LogP contribution < -0.4 is 4.72 Å². The lowest BCUT2D eigenvalue weighted by molar-refractivity contribution is 0.119. The Morgan fingerprint density at radius 3 is 2.89 bits per heavy atom. The quantitative estimate of drug-likeness (QED) is 0.768. The molecule has 0 aliphatic heterocycles. The summed E-state index contributed by atoms with van der Waals surface area (Å²) >= 11 is 0. The van der Waals surface area contributed by atoms with Gasteiger partial charge in [0.25, 0.3) is 0 Å². The molecular weight excluding hydrogens is 266 g/mol. The third-order valence-corrected chi connectivity index (χ3v) is 5.51. The Hall–Kier alpha value is -0.920. The molecule has 1 fully saturated rings. The van der Waals surface area contributed by atoms with Crippen molar-refractivity contribution in [1.82, 2.24) is 14.9 Å². The number of aliphatic hydroxyl groups excluding tert-OH is 1. The molecule has 1 aromatic rings. The van der Waals surface area contributed by atoms with Crippen molar-refractivity contribution in [1.29, 1.82) is 0 Å². The fourth-order valence-corrected chi connectivity index (χ4v) is 4.45. The second-order valence-corrected chi connectivity index (χ2v) is 7.26. The molecule has 0 spiro atoms. The van der Waals surface area contributed by atoms with Gasteiger partial charge < -0.3 is 5.11 Å². The average molecular weight is 287 g/mol. The van der Waals surface area contributed by atoms with Gasteiger partial charge in [0.15, 0.2) is 0 Å². The lowest BCUT2D eigenvalue weighted by Crippen LogP contribution is -2.53. The van der Waals surface area contributed by atoms with Gasteiger partial charge in [-0.2, -0.15) is 5.10 Å². The lowest BCUT2D eigenvalue weighted by Gasteiger charge is -2.38. The summed E-state index contributed by atoms with van der Waals surface area (Å²) in [6.07, 6.45) is 4.64. The molecule has 0 aromatic carbocycles. The van der Waals surface area contributed by atoms with Crippen LogP contribution >= 0.6 is 0 Å². The topological polar surface area (TPSA) is 95.1 Å². The molecule has 0 saturated heterocycles. The normalized spacial score (nSPS) is 28.5. The molecule has 2 unspecified atom stereocenters. The van der Waals surface area contributed by atoms with Crippen molar-refractivity contribution in [2.45, 2.75) is 50.0 Å². The molecule has 2 atom stereocenters. The van der Waals surface area contributed by atoms with Crippen molar-refractivity contribution in [2.75, 3.05) is 6.61 Å². The Bertz CT molecular complexity index is 540. The highest BCUT2D eigenvalue weighted by Gasteiger charge is 2.38. The van der Waals surface area contributed by atoms with Gasteiger partial charge in [-0.3, -0.25) is 5.10 Å². The number of aromatic amines is 1. The van der Waals surface area contributed by atoms with Crippen molar-refractivity contribution in [3.63, 3.8) is 0 Å².